The number of esters is 1. The summed E-state index contributed by atoms with van der Waals surface area (Å²) in [5, 5.41) is 3.12. The van der Waals surface area contributed by atoms with E-state index < -0.39 is 16.0 Å². The number of nitrogens with zero attached hydrogens (tertiary/aromatic N) is 1. The van der Waals surface area contributed by atoms with E-state index in [1.165, 1.54) is 11.4 Å². The molecule has 25 heavy (non-hydrogen) atoms. The average molecular weight is 395 g/mol. The summed E-state index contributed by atoms with van der Waals surface area (Å²) in [6.07, 6.45) is 2.69. The van der Waals surface area contributed by atoms with Crippen LogP contribution in [0.25, 0.3) is 0 Å². The van der Waals surface area contributed by atoms with Gasteiger partial charge in [0.2, 0.25) is 10.0 Å². The number of aryl methyl sites for hydroxylation is 2. The van der Waals surface area contributed by atoms with Crippen molar-refractivity contribution in [3.8, 4) is 0 Å². The van der Waals surface area contributed by atoms with Crippen LogP contribution in [0.2, 0.25) is 0 Å². The van der Waals surface area contributed by atoms with Gasteiger partial charge in [0.15, 0.2) is 0 Å². The monoisotopic (exact) mass is 394 g/mol. The number of sulfonamides is 1. The number of hydrogen-bond acceptors (Lipinski definition) is 6. The lowest BCUT2D eigenvalue weighted by molar-refractivity contribution is 0.0594. The summed E-state index contributed by atoms with van der Waals surface area (Å²) in [6.45, 7) is 4.99. The Kier molecular flexibility index (Phi) is 7.92. The second-order valence-corrected chi connectivity index (χ2v) is 8.02. The van der Waals surface area contributed by atoms with Gasteiger partial charge in [-0.2, -0.15) is 4.31 Å². The lowest BCUT2D eigenvalue weighted by atomic mass is 9.95. The first-order valence-corrected chi connectivity index (χ1v) is 9.60. The van der Waals surface area contributed by atoms with Crippen LogP contribution in [0.3, 0.4) is 0 Å². The van der Waals surface area contributed by atoms with Crippen molar-refractivity contribution in [1.29, 1.82) is 0 Å². The molecule has 0 amide bonds. The molecule has 0 spiro atoms. The second kappa shape index (κ2) is 9.02. The fraction of sp³-hybridized carbons (Fsp3) is 0.688. The van der Waals surface area contributed by atoms with E-state index in [0.29, 0.717) is 19.0 Å². The number of nitrogens with one attached hydrogen (secondary N) is 1. The van der Waals surface area contributed by atoms with Gasteiger partial charge in [-0.25, -0.2) is 13.2 Å². The van der Waals surface area contributed by atoms with Crippen molar-refractivity contribution in [3.05, 3.63) is 17.1 Å². The number of halogens is 1. The Bertz CT molecular complexity index is 694. The summed E-state index contributed by atoms with van der Waals surface area (Å²) in [7, 11) is -0.634. The van der Waals surface area contributed by atoms with Gasteiger partial charge < -0.3 is 14.5 Å². The maximum Gasteiger partial charge on any atom is 0.342 e. The highest BCUT2D eigenvalue weighted by Gasteiger charge is 2.37. The predicted octanol–water partition coefficient (Wildman–Crippen LogP) is 2.12. The molecule has 0 aromatic carbocycles. The molecular formula is C16H27ClN2O5S. The molecule has 1 N–H and O–H groups in total. The van der Waals surface area contributed by atoms with Gasteiger partial charge in [0, 0.05) is 13.1 Å². The molecule has 9 heteroatoms. The molecule has 2 heterocycles. The van der Waals surface area contributed by atoms with Crippen molar-refractivity contribution in [2.24, 2.45) is 5.92 Å². The molecule has 2 rings (SSSR count). The van der Waals surface area contributed by atoms with E-state index in [2.05, 4.69) is 5.32 Å². The van der Waals surface area contributed by atoms with Gasteiger partial charge in [-0.3, -0.25) is 0 Å². The van der Waals surface area contributed by atoms with Gasteiger partial charge in [-0.05, 0) is 52.6 Å². The van der Waals surface area contributed by atoms with E-state index in [0.717, 1.165) is 25.8 Å². The molecule has 1 saturated heterocycles. The molecule has 0 unspecified atom stereocenters. The number of furan rings is 1. The lowest BCUT2D eigenvalue weighted by Gasteiger charge is -2.31. The number of hydrogen-bond donors (Lipinski definition) is 1. The zero-order valence-corrected chi connectivity index (χ0v) is 16.8. The van der Waals surface area contributed by atoms with Crippen LogP contribution >= 0.6 is 12.4 Å². The maximum atomic E-state index is 13.0. The standard InChI is InChI=1S/C16H26N2O5S.ClH/c1-11-14(16(19)22-4)15(12(2)23-11)24(20,21)18-9-6-13(7-10-18)5-8-17-3;/h13,17H,5-10H2,1-4H3;1H. The number of ether oxygens (including phenoxy) is 1. The average Bonchev–Trinajstić information content (AvgIpc) is 2.87. The SMILES string of the molecule is CNCCC1CCN(S(=O)(=O)c2c(C)oc(C)c2C(=O)OC)CC1.Cl. The van der Waals surface area contributed by atoms with Crippen LogP contribution in [0.1, 0.15) is 41.1 Å². The Morgan fingerprint density at radius 3 is 2.40 bits per heavy atom. The van der Waals surface area contributed by atoms with Crippen LogP contribution in [0.4, 0.5) is 0 Å². The van der Waals surface area contributed by atoms with Crippen molar-refractivity contribution >= 4 is 28.4 Å². The Labute approximate surface area is 155 Å². The molecule has 7 nitrogen and oxygen atoms in total. The number of piperidine rings is 1. The van der Waals surface area contributed by atoms with Crippen molar-refractivity contribution in [3.63, 3.8) is 0 Å². The van der Waals surface area contributed by atoms with Crippen LogP contribution in [-0.2, 0) is 14.8 Å². The summed E-state index contributed by atoms with van der Waals surface area (Å²) < 4.78 is 37.6. The largest absolute Gasteiger partial charge is 0.465 e. The molecule has 144 valence electrons. The van der Waals surface area contributed by atoms with Crippen LogP contribution in [0.5, 0.6) is 0 Å². The first-order chi connectivity index (χ1) is 11.3. The third kappa shape index (κ3) is 4.55. The summed E-state index contributed by atoms with van der Waals surface area (Å²) >= 11 is 0. The van der Waals surface area contributed by atoms with Crippen LogP contribution in [0, 0.1) is 19.8 Å². The summed E-state index contributed by atoms with van der Waals surface area (Å²) in [5.74, 6) is 0.329. The van der Waals surface area contributed by atoms with Gasteiger partial charge in [0.1, 0.15) is 22.0 Å². The maximum absolute atomic E-state index is 13.0. The minimum absolute atomic E-state index is 0. The Morgan fingerprint density at radius 1 is 1.28 bits per heavy atom. The first-order valence-electron chi connectivity index (χ1n) is 8.16. The fourth-order valence-corrected chi connectivity index (χ4v) is 5.07. The first kappa shape index (κ1) is 22.0. The van der Waals surface area contributed by atoms with Crippen molar-refractivity contribution in [2.75, 3.05) is 33.8 Å². The molecule has 1 aromatic rings. The Hall–Kier alpha value is -1.09. The zero-order chi connectivity index (χ0) is 17.9. The molecule has 1 fully saturated rings. The van der Waals surface area contributed by atoms with E-state index in [1.54, 1.807) is 13.8 Å². The molecule has 1 aliphatic heterocycles. The van der Waals surface area contributed by atoms with Gasteiger partial charge in [-0.1, -0.05) is 0 Å². The molecule has 0 aliphatic carbocycles. The van der Waals surface area contributed by atoms with Crippen molar-refractivity contribution in [2.45, 2.75) is 38.0 Å². The smallest absolute Gasteiger partial charge is 0.342 e. The minimum atomic E-state index is -3.78. The third-order valence-electron chi connectivity index (χ3n) is 4.57. The quantitative estimate of drug-likeness (QED) is 0.743. The number of carbonyl (C=O) groups excluding carboxylic acids is 1. The fourth-order valence-electron chi connectivity index (χ4n) is 3.23. The predicted molar refractivity (Wildman–Crippen MR) is 96.8 cm³/mol. The number of carbonyl (C=O) groups is 1. The summed E-state index contributed by atoms with van der Waals surface area (Å²) in [6, 6.07) is 0. The van der Waals surface area contributed by atoms with Gasteiger partial charge >= 0.3 is 5.97 Å². The molecule has 0 saturated carbocycles. The van der Waals surface area contributed by atoms with Crippen LogP contribution < -0.4 is 5.32 Å². The third-order valence-corrected chi connectivity index (χ3v) is 6.62. The Balaban J connectivity index is 0.00000312. The van der Waals surface area contributed by atoms with Gasteiger partial charge in [-0.15, -0.1) is 12.4 Å². The molecule has 1 aromatic heterocycles. The van der Waals surface area contributed by atoms with Crippen LogP contribution in [0.15, 0.2) is 9.31 Å². The van der Waals surface area contributed by atoms with E-state index in [9.17, 15) is 13.2 Å². The second-order valence-electron chi connectivity index (χ2n) is 6.15. The lowest BCUT2D eigenvalue weighted by Crippen LogP contribution is -2.39. The highest BCUT2D eigenvalue weighted by molar-refractivity contribution is 7.89. The highest BCUT2D eigenvalue weighted by Crippen LogP contribution is 2.32. The Morgan fingerprint density at radius 2 is 1.88 bits per heavy atom. The van der Waals surface area contributed by atoms with Gasteiger partial charge in [0.25, 0.3) is 0 Å². The van der Waals surface area contributed by atoms with E-state index >= 15 is 0 Å². The topological polar surface area (TPSA) is 88.9 Å². The molecule has 1 aliphatic rings. The number of rotatable bonds is 6. The zero-order valence-electron chi connectivity index (χ0n) is 15.1. The molecular weight excluding hydrogens is 368 g/mol. The summed E-state index contributed by atoms with van der Waals surface area (Å²) in [4.78, 5) is 11.9. The summed E-state index contributed by atoms with van der Waals surface area (Å²) in [5.41, 5.74) is 0.00677. The van der Waals surface area contributed by atoms with E-state index in [4.69, 9.17) is 9.15 Å². The molecule has 0 bridgehead atoms. The minimum Gasteiger partial charge on any atom is -0.465 e. The number of methoxy groups -OCH3 is 1. The molecule has 0 radical (unpaired) electrons. The highest BCUT2D eigenvalue weighted by atomic mass is 35.5. The van der Waals surface area contributed by atoms with E-state index in [1.807, 2.05) is 7.05 Å². The van der Waals surface area contributed by atoms with Crippen molar-refractivity contribution in [1.82, 2.24) is 9.62 Å². The molecule has 0 atom stereocenters. The van der Waals surface area contributed by atoms with Gasteiger partial charge in [0.05, 0.1) is 7.11 Å². The van der Waals surface area contributed by atoms with E-state index in [-0.39, 0.29) is 34.4 Å². The van der Waals surface area contributed by atoms with Crippen molar-refractivity contribution < 1.29 is 22.4 Å². The van der Waals surface area contributed by atoms with Crippen LogP contribution in [-0.4, -0.2) is 52.5 Å². The normalized spacial score (nSPS) is 16.5.